The number of nitrogen functional groups attached to an aromatic ring is 1. The van der Waals surface area contributed by atoms with E-state index >= 15 is 0 Å². The van der Waals surface area contributed by atoms with Crippen molar-refractivity contribution in [1.29, 1.82) is 0 Å². The fourth-order valence-electron chi connectivity index (χ4n) is 2.22. The third-order valence-corrected chi connectivity index (χ3v) is 2.95. The van der Waals surface area contributed by atoms with E-state index in [1.54, 1.807) is 0 Å². The van der Waals surface area contributed by atoms with Gasteiger partial charge in [0, 0.05) is 12.2 Å². The van der Waals surface area contributed by atoms with Crippen molar-refractivity contribution in [3.63, 3.8) is 0 Å². The van der Waals surface area contributed by atoms with E-state index in [4.69, 9.17) is 5.73 Å². The van der Waals surface area contributed by atoms with E-state index in [0.29, 0.717) is 5.92 Å². The van der Waals surface area contributed by atoms with Crippen LogP contribution in [0.15, 0.2) is 24.3 Å². The third-order valence-electron chi connectivity index (χ3n) is 2.95. The zero-order valence-electron chi connectivity index (χ0n) is 8.66. The quantitative estimate of drug-likeness (QED) is 0.665. The maximum absolute atomic E-state index is 5.78. The summed E-state index contributed by atoms with van der Waals surface area (Å²) in [5, 5.41) is 3.46. The molecule has 2 nitrogen and oxygen atoms in total. The lowest BCUT2D eigenvalue weighted by molar-refractivity contribution is 0.364. The summed E-state index contributed by atoms with van der Waals surface area (Å²) in [6.07, 6.45) is 1.27. The van der Waals surface area contributed by atoms with Crippen LogP contribution in [0.3, 0.4) is 0 Å². The minimum absolute atomic E-state index is 0.641. The number of benzene rings is 1. The molecule has 0 spiro atoms. The number of hydrogen-bond donors (Lipinski definition) is 2. The highest BCUT2D eigenvalue weighted by Crippen LogP contribution is 2.26. The molecule has 1 aromatic rings. The molecule has 2 atom stereocenters. The van der Waals surface area contributed by atoms with Gasteiger partial charge in [-0.25, -0.2) is 0 Å². The van der Waals surface area contributed by atoms with Gasteiger partial charge in [-0.2, -0.15) is 0 Å². The first-order valence-electron chi connectivity index (χ1n) is 5.32. The summed E-state index contributed by atoms with van der Waals surface area (Å²) in [6.45, 7) is 4.54. The van der Waals surface area contributed by atoms with Crippen LogP contribution in [0.25, 0.3) is 0 Å². The number of nitrogens with one attached hydrogen (secondary N) is 1. The highest BCUT2D eigenvalue weighted by atomic mass is 14.9. The summed E-state index contributed by atoms with van der Waals surface area (Å²) in [6, 6.07) is 8.28. The second-order valence-corrected chi connectivity index (χ2v) is 4.37. The number of anilines is 1. The fourth-order valence-corrected chi connectivity index (χ4v) is 2.22. The predicted octanol–water partition coefficient (Wildman–Crippen LogP) is 1.98. The van der Waals surface area contributed by atoms with Crippen molar-refractivity contribution in [3.8, 4) is 0 Å². The normalized spacial score (nSPS) is 27.5. The van der Waals surface area contributed by atoms with Gasteiger partial charge in [-0.15, -0.1) is 0 Å². The Hall–Kier alpha value is -1.02. The molecule has 1 fully saturated rings. The van der Waals surface area contributed by atoms with Crippen LogP contribution in [0.4, 0.5) is 5.69 Å². The largest absolute Gasteiger partial charge is 0.399 e. The topological polar surface area (TPSA) is 38.0 Å². The van der Waals surface area contributed by atoms with Gasteiger partial charge < -0.3 is 11.1 Å². The van der Waals surface area contributed by atoms with Gasteiger partial charge in [-0.05, 0) is 42.5 Å². The molecular formula is C12H18N2. The van der Waals surface area contributed by atoms with Crippen LogP contribution in [0, 0.1) is 5.92 Å². The number of rotatable bonds is 1. The molecule has 1 saturated heterocycles. The van der Waals surface area contributed by atoms with Crippen LogP contribution in [0.1, 0.15) is 24.8 Å². The van der Waals surface area contributed by atoms with E-state index < -0.39 is 0 Å². The van der Waals surface area contributed by atoms with E-state index in [2.05, 4.69) is 24.4 Å². The molecule has 0 amide bonds. The van der Waals surface area contributed by atoms with Crippen molar-refractivity contribution >= 4 is 5.69 Å². The Balaban J connectivity index is 2.14. The number of hydrogen-bond acceptors (Lipinski definition) is 2. The van der Waals surface area contributed by atoms with E-state index in [-0.39, 0.29) is 0 Å². The molecule has 1 aliphatic rings. The third kappa shape index (κ3) is 2.07. The number of nitrogens with two attached hydrogens (primary N) is 1. The Morgan fingerprint density at radius 3 is 2.93 bits per heavy atom. The highest BCUT2D eigenvalue weighted by molar-refractivity contribution is 5.42. The minimum Gasteiger partial charge on any atom is -0.399 e. The summed E-state index contributed by atoms with van der Waals surface area (Å²) >= 11 is 0. The van der Waals surface area contributed by atoms with Gasteiger partial charge in [-0.1, -0.05) is 19.1 Å². The summed E-state index contributed by atoms with van der Waals surface area (Å²) in [5.74, 6) is 1.41. The molecule has 0 radical (unpaired) electrons. The minimum atomic E-state index is 0.641. The summed E-state index contributed by atoms with van der Waals surface area (Å²) < 4.78 is 0. The van der Waals surface area contributed by atoms with Gasteiger partial charge in [0.1, 0.15) is 0 Å². The molecule has 1 heterocycles. The average molecular weight is 190 g/mol. The Labute approximate surface area is 85.5 Å². The summed E-state index contributed by atoms with van der Waals surface area (Å²) in [4.78, 5) is 0. The standard InChI is InChI=1S/C12H18N2/c1-9-5-11(8-14-7-9)10-3-2-4-12(13)6-10/h2-4,6,9,11,14H,5,7-8,13H2,1H3. The van der Waals surface area contributed by atoms with Gasteiger partial charge in [0.15, 0.2) is 0 Å². The van der Waals surface area contributed by atoms with Gasteiger partial charge in [0.2, 0.25) is 0 Å². The van der Waals surface area contributed by atoms with Gasteiger partial charge >= 0.3 is 0 Å². The zero-order valence-corrected chi connectivity index (χ0v) is 8.66. The molecular weight excluding hydrogens is 172 g/mol. The SMILES string of the molecule is CC1CNCC(c2cccc(N)c2)C1. The van der Waals surface area contributed by atoms with Crippen molar-refractivity contribution in [2.24, 2.45) is 5.92 Å². The molecule has 0 bridgehead atoms. The van der Waals surface area contributed by atoms with Gasteiger partial charge in [0.25, 0.3) is 0 Å². The maximum atomic E-state index is 5.78. The lowest BCUT2D eigenvalue weighted by Crippen LogP contribution is -2.33. The number of piperidine rings is 1. The molecule has 0 saturated carbocycles. The Kier molecular flexibility index (Phi) is 2.73. The molecule has 0 aromatic heterocycles. The first kappa shape index (κ1) is 9.53. The van der Waals surface area contributed by atoms with Crippen LogP contribution in [-0.4, -0.2) is 13.1 Å². The van der Waals surface area contributed by atoms with Crippen molar-refractivity contribution in [2.75, 3.05) is 18.8 Å². The average Bonchev–Trinajstić information content (AvgIpc) is 2.18. The lowest BCUT2D eigenvalue weighted by atomic mass is 9.86. The maximum Gasteiger partial charge on any atom is 0.0316 e. The van der Waals surface area contributed by atoms with Crippen molar-refractivity contribution in [2.45, 2.75) is 19.3 Å². The lowest BCUT2D eigenvalue weighted by Gasteiger charge is -2.28. The second kappa shape index (κ2) is 4.01. The molecule has 2 heteroatoms. The van der Waals surface area contributed by atoms with E-state index in [1.165, 1.54) is 12.0 Å². The van der Waals surface area contributed by atoms with Crippen LogP contribution < -0.4 is 11.1 Å². The van der Waals surface area contributed by atoms with Crippen molar-refractivity contribution in [3.05, 3.63) is 29.8 Å². The van der Waals surface area contributed by atoms with Crippen molar-refractivity contribution in [1.82, 2.24) is 5.32 Å². The van der Waals surface area contributed by atoms with Crippen LogP contribution in [-0.2, 0) is 0 Å². The zero-order chi connectivity index (χ0) is 9.97. The smallest absolute Gasteiger partial charge is 0.0316 e. The van der Waals surface area contributed by atoms with E-state index in [1.807, 2.05) is 12.1 Å². The molecule has 0 aliphatic carbocycles. The molecule has 1 aliphatic heterocycles. The van der Waals surface area contributed by atoms with E-state index in [0.717, 1.165) is 24.7 Å². The highest BCUT2D eigenvalue weighted by Gasteiger charge is 2.19. The van der Waals surface area contributed by atoms with Crippen LogP contribution in [0.2, 0.25) is 0 Å². The molecule has 3 N–H and O–H groups in total. The Morgan fingerprint density at radius 2 is 2.21 bits per heavy atom. The Morgan fingerprint density at radius 1 is 1.36 bits per heavy atom. The molecule has 14 heavy (non-hydrogen) atoms. The first-order valence-corrected chi connectivity index (χ1v) is 5.32. The molecule has 2 rings (SSSR count). The van der Waals surface area contributed by atoms with Gasteiger partial charge in [-0.3, -0.25) is 0 Å². The van der Waals surface area contributed by atoms with Crippen molar-refractivity contribution < 1.29 is 0 Å². The van der Waals surface area contributed by atoms with E-state index in [9.17, 15) is 0 Å². The fraction of sp³-hybridized carbons (Fsp3) is 0.500. The molecule has 2 unspecified atom stereocenters. The second-order valence-electron chi connectivity index (χ2n) is 4.37. The summed E-state index contributed by atoms with van der Waals surface area (Å²) in [5.41, 5.74) is 8.03. The summed E-state index contributed by atoms with van der Waals surface area (Å²) in [7, 11) is 0. The molecule has 76 valence electrons. The first-order chi connectivity index (χ1) is 6.75. The van der Waals surface area contributed by atoms with Gasteiger partial charge in [0.05, 0.1) is 0 Å². The monoisotopic (exact) mass is 190 g/mol. The Bertz CT molecular complexity index is 309. The van der Waals surface area contributed by atoms with Crippen LogP contribution in [0.5, 0.6) is 0 Å². The molecule has 1 aromatic carbocycles. The van der Waals surface area contributed by atoms with Crippen LogP contribution >= 0.6 is 0 Å². The predicted molar refractivity (Wildman–Crippen MR) is 60.2 cm³/mol.